The molecule has 0 spiro atoms. The summed E-state index contributed by atoms with van der Waals surface area (Å²) >= 11 is 0. The zero-order valence-corrected chi connectivity index (χ0v) is 6.64. The highest BCUT2D eigenvalue weighted by molar-refractivity contribution is 5.79. The normalized spacial score (nSPS) is 8.55. The molecule has 0 radical (unpaired) electrons. The lowest BCUT2D eigenvalue weighted by Gasteiger charge is -2.02. The van der Waals surface area contributed by atoms with Crippen molar-refractivity contribution in [2.24, 2.45) is 0 Å². The molecule has 0 bridgehead atoms. The fourth-order valence-electron chi connectivity index (χ4n) is 0.399. The topological polar surface area (TPSA) is 67.4 Å². The third-order valence-corrected chi connectivity index (χ3v) is 0.934. The molecule has 0 aromatic rings. The van der Waals surface area contributed by atoms with Crippen molar-refractivity contribution in [3.63, 3.8) is 0 Å². The van der Waals surface area contributed by atoms with Crippen molar-refractivity contribution in [1.82, 2.24) is 10.6 Å². The smallest absolute Gasteiger partial charge is 0.407 e. The first-order valence-electron chi connectivity index (χ1n) is 3.32. The van der Waals surface area contributed by atoms with Gasteiger partial charge in [-0.1, -0.05) is 0 Å². The molecule has 0 atom stereocenters. The quantitative estimate of drug-likeness (QED) is 0.583. The van der Waals surface area contributed by atoms with E-state index in [-0.39, 0.29) is 12.5 Å². The second-order valence-corrected chi connectivity index (χ2v) is 1.78. The Morgan fingerprint density at radius 2 is 2.09 bits per heavy atom. The molecule has 64 valence electrons. The van der Waals surface area contributed by atoms with Crippen molar-refractivity contribution < 1.29 is 14.3 Å². The highest BCUT2D eigenvalue weighted by atomic mass is 16.6. The van der Waals surface area contributed by atoms with E-state index in [4.69, 9.17) is 0 Å². The number of carbonyl (C=O) groups excluding carboxylic acids is 2. The van der Waals surface area contributed by atoms with Gasteiger partial charge in [0.05, 0.1) is 0 Å². The largest absolute Gasteiger partial charge is 0.439 e. The first-order chi connectivity index (χ1) is 5.20. The third-order valence-electron chi connectivity index (χ3n) is 0.934. The van der Waals surface area contributed by atoms with E-state index < -0.39 is 6.09 Å². The molecular formula is C6H12N2O3. The van der Waals surface area contributed by atoms with Gasteiger partial charge in [0, 0.05) is 13.6 Å². The first-order valence-corrected chi connectivity index (χ1v) is 3.32. The van der Waals surface area contributed by atoms with Gasteiger partial charge in [0.25, 0.3) is 5.91 Å². The summed E-state index contributed by atoms with van der Waals surface area (Å²) in [6, 6.07) is 0. The fourth-order valence-corrected chi connectivity index (χ4v) is 0.399. The van der Waals surface area contributed by atoms with E-state index in [0.29, 0.717) is 6.54 Å². The number of carbonyl (C=O) groups is 2. The monoisotopic (exact) mass is 160 g/mol. The Hall–Kier alpha value is -1.26. The molecule has 5 heteroatoms. The van der Waals surface area contributed by atoms with Crippen molar-refractivity contribution in [1.29, 1.82) is 0 Å². The van der Waals surface area contributed by atoms with Gasteiger partial charge in [-0.15, -0.1) is 0 Å². The molecule has 0 saturated carbocycles. The summed E-state index contributed by atoms with van der Waals surface area (Å²) in [4.78, 5) is 21.1. The minimum absolute atomic E-state index is 0.234. The van der Waals surface area contributed by atoms with E-state index in [1.54, 1.807) is 6.92 Å². The number of likely N-dealkylation sites (N-methyl/N-ethyl adjacent to an activating group) is 1. The first kappa shape index (κ1) is 9.74. The molecule has 2 N–H and O–H groups in total. The summed E-state index contributed by atoms with van der Waals surface area (Å²) in [5, 5.41) is 4.70. The van der Waals surface area contributed by atoms with Crippen LogP contribution < -0.4 is 10.6 Å². The van der Waals surface area contributed by atoms with Crippen LogP contribution in [0.4, 0.5) is 4.79 Å². The van der Waals surface area contributed by atoms with Gasteiger partial charge in [0.1, 0.15) is 0 Å². The van der Waals surface area contributed by atoms with Crippen LogP contribution in [0.25, 0.3) is 0 Å². The molecule has 0 aromatic heterocycles. The van der Waals surface area contributed by atoms with Crippen LogP contribution in [0.5, 0.6) is 0 Å². The van der Waals surface area contributed by atoms with Gasteiger partial charge in [-0.3, -0.25) is 4.79 Å². The average molecular weight is 160 g/mol. The zero-order valence-electron chi connectivity index (χ0n) is 6.64. The molecule has 0 aliphatic carbocycles. The number of hydrogen-bond acceptors (Lipinski definition) is 3. The SMILES string of the molecule is CCNC(=O)OCC(=O)NC. The van der Waals surface area contributed by atoms with Crippen molar-refractivity contribution in [2.75, 3.05) is 20.2 Å². The summed E-state index contributed by atoms with van der Waals surface area (Å²) < 4.78 is 4.47. The molecule has 0 aromatic carbocycles. The van der Waals surface area contributed by atoms with Crippen LogP contribution in [-0.2, 0) is 9.53 Å². The Balaban J connectivity index is 3.38. The molecule has 0 rings (SSSR count). The van der Waals surface area contributed by atoms with Crippen LogP contribution in [-0.4, -0.2) is 32.2 Å². The van der Waals surface area contributed by atoms with Gasteiger partial charge in [-0.2, -0.15) is 0 Å². The van der Waals surface area contributed by atoms with Crippen LogP contribution in [0.2, 0.25) is 0 Å². The van der Waals surface area contributed by atoms with E-state index in [0.717, 1.165) is 0 Å². The Morgan fingerprint density at radius 1 is 1.45 bits per heavy atom. The third kappa shape index (κ3) is 5.20. The number of nitrogens with one attached hydrogen (secondary N) is 2. The molecule has 0 heterocycles. The van der Waals surface area contributed by atoms with E-state index >= 15 is 0 Å². The molecule has 0 fully saturated rings. The highest BCUT2D eigenvalue weighted by Gasteiger charge is 2.02. The summed E-state index contributed by atoms with van der Waals surface area (Å²) in [6.45, 7) is 2.02. The lowest BCUT2D eigenvalue weighted by Crippen LogP contribution is -2.30. The van der Waals surface area contributed by atoms with Crippen molar-refractivity contribution in [3.05, 3.63) is 0 Å². The summed E-state index contributed by atoms with van der Waals surface area (Å²) in [5.41, 5.74) is 0. The van der Waals surface area contributed by atoms with Crippen LogP contribution >= 0.6 is 0 Å². The predicted molar refractivity (Wildman–Crippen MR) is 39.1 cm³/mol. The number of amides is 2. The maximum Gasteiger partial charge on any atom is 0.407 e. The van der Waals surface area contributed by atoms with Crippen molar-refractivity contribution in [3.8, 4) is 0 Å². The summed E-state index contributed by atoms with van der Waals surface area (Å²) in [7, 11) is 1.48. The Bertz CT molecular complexity index is 147. The fraction of sp³-hybridized carbons (Fsp3) is 0.667. The van der Waals surface area contributed by atoms with E-state index in [1.807, 2.05) is 0 Å². The molecule has 11 heavy (non-hydrogen) atoms. The lowest BCUT2D eigenvalue weighted by molar-refractivity contribution is -0.123. The maximum atomic E-state index is 10.6. The molecular weight excluding hydrogens is 148 g/mol. The van der Waals surface area contributed by atoms with Gasteiger partial charge >= 0.3 is 6.09 Å². The van der Waals surface area contributed by atoms with E-state index in [1.165, 1.54) is 7.05 Å². The van der Waals surface area contributed by atoms with E-state index in [2.05, 4.69) is 15.4 Å². The molecule has 0 aliphatic heterocycles. The Kier molecular flexibility index (Phi) is 4.89. The van der Waals surface area contributed by atoms with Crippen molar-refractivity contribution in [2.45, 2.75) is 6.92 Å². The minimum atomic E-state index is -0.573. The molecule has 0 aliphatic rings. The van der Waals surface area contributed by atoms with Crippen LogP contribution in [0.15, 0.2) is 0 Å². The second kappa shape index (κ2) is 5.52. The van der Waals surface area contributed by atoms with Crippen LogP contribution in [0.3, 0.4) is 0 Å². The van der Waals surface area contributed by atoms with Gasteiger partial charge in [0.15, 0.2) is 6.61 Å². The van der Waals surface area contributed by atoms with Gasteiger partial charge in [-0.05, 0) is 6.92 Å². The van der Waals surface area contributed by atoms with Gasteiger partial charge in [0.2, 0.25) is 0 Å². The Labute approximate surface area is 65.1 Å². The molecule has 0 unspecified atom stereocenters. The van der Waals surface area contributed by atoms with Gasteiger partial charge in [-0.25, -0.2) is 4.79 Å². The standard InChI is InChI=1S/C6H12N2O3/c1-3-8-6(10)11-4-5(9)7-2/h3-4H2,1-2H3,(H,7,9)(H,8,10). The number of hydrogen-bond donors (Lipinski definition) is 2. The molecule has 0 saturated heterocycles. The highest BCUT2D eigenvalue weighted by Crippen LogP contribution is 1.76. The summed E-state index contributed by atoms with van der Waals surface area (Å²) in [6.07, 6.45) is -0.573. The van der Waals surface area contributed by atoms with E-state index in [9.17, 15) is 9.59 Å². The number of rotatable bonds is 3. The molecule has 5 nitrogen and oxygen atoms in total. The minimum Gasteiger partial charge on any atom is -0.439 e. The predicted octanol–water partition coefficient (Wildman–Crippen LogP) is -0.521. The number of alkyl carbamates (subject to hydrolysis) is 1. The molecule has 2 amide bonds. The van der Waals surface area contributed by atoms with Gasteiger partial charge < -0.3 is 15.4 Å². The number of ether oxygens (including phenoxy) is 1. The van der Waals surface area contributed by atoms with Crippen molar-refractivity contribution >= 4 is 12.0 Å². The Morgan fingerprint density at radius 3 is 2.55 bits per heavy atom. The van der Waals surface area contributed by atoms with Crippen LogP contribution in [0.1, 0.15) is 6.92 Å². The zero-order chi connectivity index (χ0) is 8.69. The maximum absolute atomic E-state index is 10.6. The second-order valence-electron chi connectivity index (χ2n) is 1.78. The average Bonchev–Trinajstić information content (AvgIpc) is 2.01. The summed E-state index contributed by atoms with van der Waals surface area (Å²) in [5.74, 6) is -0.323. The lowest BCUT2D eigenvalue weighted by atomic mass is 10.6. The van der Waals surface area contributed by atoms with Crippen LogP contribution in [0, 0.1) is 0 Å².